The van der Waals surface area contributed by atoms with Gasteiger partial charge in [0.15, 0.2) is 5.69 Å². The van der Waals surface area contributed by atoms with E-state index in [4.69, 9.17) is 0 Å². The first-order valence-corrected chi connectivity index (χ1v) is 5.63. The van der Waals surface area contributed by atoms with Gasteiger partial charge in [0, 0.05) is 11.8 Å². The molecule has 19 heavy (non-hydrogen) atoms. The second-order valence-corrected chi connectivity index (χ2v) is 4.07. The second-order valence-electron chi connectivity index (χ2n) is 4.07. The van der Waals surface area contributed by atoms with E-state index >= 15 is 0 Å². The van der Waals surface area contributed by atoms with Crippen molar-refractivity contribution in [2.45, 2.75) is 0 Å². The average Bonchev–Trinajstić information content (AvgIpc) is 2.79. The van der Waals surface area contributed by atoms with Crippen LogP contribution in [0.15, 0.2) is 48.7 Å². The zero-order valence-electron chi connectivity index (χ0n) is 9.75. The lowest BCUT2D eigenvalue weighted by Crippen LogP contribution is -1.99. The van der Waals surface area contributed by atoms with Crippen LogP contribution in [0, 0.1) is 5.82 Å². The van der Waals surface area contributed by atoms with E-state index in [2.05, 4.69) is 5.10 Å². The van der Waals surface area contributed by atoms with Crippen LogP contribution < -0.4 is 0 Å². The molecule has 3 aromatic rings. The number of aromatic carboxylic acids is 1. The van der Waals surface area contributed by atoms with Crippen LogP contribution in [0.5, 0.6) is 0 Å². The Hall–Kier alpha value is -2.69. The van der Waals surface area contributed by atoms with Crippen molar-refractivity contribution in [2.75, 3.05) is 0 Å². The first-order valence-electron chi connectivity index (χ1n) is 5.63. The van der Waals surface area contributed by atoms with Gasteiger partial charge in [-0.25, -0.2) is 13.7 Å². The summed E-state index contributed by atoms with van der Waals surface area (Å²) in [5.74, 6) is -1.47. The zero-order valence-corrected chi connectivity index (χ0v) is 9.75. The molecule has 0 atom stereocenters. The lowest BCUT2D eigenvalue weighted by atomic mass is 10.0. The minimum Gasteiger partial charge on any atom is -0.476 e. The molecule has 0 amide bonds. The highest BCUT2D eigenvalue weighted by Gasteiger charge is 2.19. The molecule has 2 aromatic heterocycles. The van der Waals surface area contributed by atoms with Gasteiger partial charge < -0.3 is 5.11 Å². The van der Waals surface area contributed by atoms with E-state index < -0.39 is 5.97 Å². The van der Waals surface area contributed by atoms with E-state index in [1.165, 1.54) is 16.6 Å². The summed E-state index contributed by atoms with van der Waals surface area (Å²) in [4.78, 5) is 11.3. The number of carboxylic acids is 1. The first kappa shape index (κ1) is 11.4. The van der Waals surface area contributed by atoms with Crippen molar-refractivity contribution in [3.05, 3.63) is 60.2 Å². The van der Waals surface area contributed by atoms with Crippen molar-refractivity contribution < 1.29 is 14.3 Å². The molecule has 1 N–H and O–H groups in total. The predicted molar refractivity (Wildman–Crippen MR) is 67.5 cm³/mol. The van der Waals surface area contributed by atoms with E-state index in [9.17, 15) is 14.3 Å². The monoisotopic (exact) mass is 256 g/mol. The van der Waals surface area contributed by atoms with Crippen LogP contribution in [0.25, 0.3) is 16.6 Å². The summed E-state index contributed by atoms with van der Waals surface area (Å²) in [5, 5.41) is 13.3. The Morgan fingerprint density at radius 1 is 1.16 bits per heavy atom. The number of hydrogen-bond acceptors (Lipinski definition) is 2. The van der Waals surface area contributed by atoms with Gasteiger partial charge in [-0.05, 0) is 29.8 Å². The van der Waals surface area contributed by atoms with Gasteiger partial charge in [0.05, 0.1) is 5.52 Å². The number of benzene rings is 1. The molecule has 0 aliphatic heterocycles. The number of hydrogen-bond donors (Lipinski definition) is 1. The molecule has 0 spiro atoms. The maximum Gasteiger partial charge on any atom is 0.357 e. The van der Waals surface area contributed by atoms with Gasteiger partial charge in [0.2, 0.25) is 0 Å². The van der Waals surface area contributed by atoms with Crippen molar-refractivity contribution in [1.29, 1.82) is 0 Å². The average molecular weight is 256 g/mol. The van der Waals surface area contributed by atoms with Gasteiger partial charge in [-0.3, -0.25) is 0 Å². The minimum absolute atomic E-state index is 0.0437. The van der Waals surface area contributed by atoms with Gasteiger partial charge in [-0.2, -0.15) is 5.10 Å². The number of halogens is 1. The molecule has 0 unspecified atom stereocenters. The molecule has 0 saturated heterocycles. The minimum atomic E-state index is -1.11. The number of carbonyl (C=O) groups is 1. The Morgan fingerprint density at radius 2 is 1.89 bits per heavy atom. The summed E-state index contributed by atoms with van der Waals surface area (Å²) in [6, 6.07) is 11.0. The fraction of sp³-hybridized carbons (Fsp3) is 0. The molecule has 5 heteroatoms. The summed E-state index contributed by atoms with van der Waals surface area (Å²) in [5.41, 5.74) is 1.75. The molecular weight excluding hydrogens is 247 g/mol. The number of fused-ring (bicyclic) bond motifs is 1. The molecule has 0 saturated carbocycles. The molecule has 0 bridgehead atoms. The van der Waals surface area contributed by atoms with Crippen molar-refractivity contribution in [3.8, 4) is 11.1 Å². The Morgan fingerprint density at radius 3 is 2.58 bits per heavy atom. The molecule has 94 valence electrons. The Kier molecular flexibility index (Phi) is 2.52. The Labute approximate surface area is 107 Å². The van der Waals surface area contributed by atoms with Gasteiger partial charge in [0.25, 0.3) is 0 Å². The highest BCUT2D eigenvalue weighted by atomic mass is 19.1. The molecule has 0 aliphatic rings. The summed E-state index contributed by atoms with van der Waals surface area (Å²) >= 11 is 0. The number of aromatic nitrogens is 2. The van der Waals surface area contributed by atoms with Crippen molar-refractivity contribution in [2.24, 2.45) is 0 Å². The largest absolute Gasteiger partial charge is 0.476 e. The molecule has 0 aliphatic carbocycles. The maximum atomic E-state index is 13.0. The van der Waals surface area contributed by atoms with Crippen molar-refractivity contribution in [3.63, 3.8) is 0 Å². The number of carboxylic acid groups (broad SMARTS) is 1. The van der Waals surface area contributed by atoms with Crippen molar-refractivity contribution in [1.82, 2.24) is 9.61 Å². The lowest BCUT2D eigenvalue weighted by Gasteiger charge is -2.00. The third-order valence-corrected chi connectivity index (χ3v) is 2.88. The van der Waals surface area contributed by atoms with Crippen LogP contribution in [0.1, 0.15) is 10.5 Å². The third kappa shape index (κ3) is 1.85. The second kappa shape index (κ2) is 4.20. The molecule has 0 radical (unpaired) electrons. The standard InChI is InChI=1S/C14H9FN2O2/c15-10-6-4-9(5-7-10)12-11-3-1-2-8-17(11)16-13(12)14(18)19/h1-8H,(H,18,19). The van der Waals surface area contributed by atoms with Crippen LogP contribution in [0.2, 0.25) is 0 Å². The summed E-state index contributed by atoms with van der Waals surface area (Å²) < 4.78 is 14.5. The summed E-state index contributed by atoms with van der Waals surface area (Å²) in [6.45, 7) is 0. The van der Waals surface area contributed by atoms with Crippen LogP contribution in [-0.4, -0.2) is 20.7 Å². The summed E-state index contributed by atoms with van der Waals surface area (Å²) in [6.07, 6.45) is 1.68. The fourth-order valence-electron chi connectivity index (χ4n) is 2.05. The number of nitrogens with zero attached hydrogens (tertiary/aromatic N) is 2. The molecule has 3 rings (SSSR count). The van der Waals surface area contributed by atoms with Crippen LogP contribution in [-0.2, 0) is 0 Å². The molecule has 2 heterocycles. The highest BCUT2D eigenvalue weighted by molar-refractivity contribution is 5.99. The van der Waals surface area contributed by atoms with Crippen LogP contribution in [0.3, 0.4) is 0 Å². The van der Waals surface area contributed by atoms with E-state index in [0.717, 1.165) is 0 Å². The molecule has 4 nitrogen and oxygen atoms in total. The van der Waals surface area contributed by atoms with E-state index in [1.807, 2.05) is 0 Å². The van der Waals surface area contributed by atoms with Gasteiger partial charge in [-0.15, -0.1) is 0 Å². The normalized spacial score (nSPS) is 10.8. The predicted octanol–water partition coefficient (Wildman–Crippen LogP) is 2.84. The topological polar surface area (TPSA) is 54.6 Å². The van der Waals surface area contributed by atoms with Gasteiger partial charge >= 0.3 is 5.97 Å². The summed E-state index contributed by atoms with van der Waals surface area (Å²) in [7, 11) is 0. The third-order valence-electron chi connectivity index (χ3n) is 2.88. The Bertz CT molecular complexity index is 763. The molecular formula is C14H9FN2O2. The zero-order chi connectivity index (χ0) is 13.4. The lowest BCUT2D eigenvalue weighted by molar-refractivity contribution is 0.0691. The van der Waals surface area contributed by atoms with E-state index in [1.54, 1.807) is 36.5 Å². The number of rotatable bonds is 2. The van der Waals surface area contributed by atoms with Crippen molar-refractivity contribution >= 4 is 11.5 Å². The smallest absolute Gasteiger partial charge is 0.357 e. The molecule has 0 fully saturated rings. The van der Waals surface area contributed by atoms with Gasteiger partial charge in [0.1, 0.15) is 5.82 Å². The van der Waals surface area contributed by atoms with Gasteiger partial charge in [-0.1, -0.05) is 18.2 Å². The first-order chi connectivity index (χ1) is 9.16. The van der Waals surface area contributed by atoms with Crippen LogP contribution >= 0.6 is 0 Å². The number of pyridine rings is 1. The quantitative estimate of drug-likeness (QED) is 0.767. The highest BCUT2D eigenvalue weighted by Crippen LogP contribution is 2.28. The van der Waals surface area contributed by atoms with Crippen LogP contribution in [0.4, 0.5) is 4.39 Å². The fourth-order valence-corrected chi connectivity index (χ4v) is 2.05. The Balaban J connectivity index is 2.34. The van der Waals surface area contributed by atoms with E-state index in [-0.39, 0.29) is 11.5 Å². The molecule has 1 aromatic carbocycles. The maximum absolute atomic E-state index is 13.0. The SMILES string of the molecule is O=C(O)c1nn2ccccc2c1-c1ccc(F)cc1. The van der Waals surface area contributed by atoms with E-state index in [0.29, 0.717) is 16.6 Å².